The third kappa shape index (κ3) is 3.46. The first-order valence-electron chi connectivity index (χ1n) is 8.68. The number of ether oxygens (including phenoxy) is 1. The van der Waals surface area contributed by atoms with Gasteiger partial charge in [0.05, 0.1) is 28.2 Å². The van der Waals surface area contributed by atoms with E-state index in [0.29, 0.717) is 26.8 Å². The lowest BCUT2D eigenvalue weighted by atomic mass is 10.2. The molecular formula is C20H17Cl2N3O3. The van der Waals surface area contributed by atoms with Gasteiger partial charge in [0, 0.05) is 11.1 Å². The van der Waals surface area contributed by atoms with Gasteiger partial charge in [0.25, 0.3) is 5.56 Å². The van der Waals surface area contributed by atoms with Gasteiger partial charge >= 0.3 is 0 Å². The third-order valence-corrected chi connectivity index (χ3v) is 4.95. The molecule has 4 rings (SSSR count). The Bertz CT molecular complexity index is 1230. The monoisotopic (exact) mass is 417 g/mol. The summed E-state index contributed by atoms with van der Waals surface area (Å²) >= 11 is 12.0. The summed E-state index contributed by atoms with van der Waals surface area (Å²) in [6, 6.07) is 13.9. The second-order valence-electron chi connectivity index (χ2n) is 6.53. The van der Waals surface area contributed by atoms with Crippen molar-refractivity contribution < 1.29 is 9.84 Å². The zero-order chi connectivity index (χ0) is 19.8. The van der Waals surface area contributed by atoms with Gasteiger partial charge in [0.2, 0.25) is 0 Å². The van der Waals surface area contributed by atoms with E-state index in [1.165, 1.54) is 4.57 Å². The number of aliphatic hydroxyl groups is 1. The SMILES string of the molecule is Cc1cc2n(CC(O)COc3ccc(Cl)cc3Cl)c(=O)c3ccccc3n2n1. The largest absolute Gasteiger partial charge is 0.489 e. The Morgan fingerprint density at radius 2 is 1.96 bits per heavy atom. The van der Waals surface area contributed by atoms with Crippen molar-refractivity contribution in [2.75, 3.05) is 6.61 Å². The Hall–Kier alpha value is -2.54. The molecule has 1 atom stereocenters. The van der Waals surface area contributed by atoms with Gasteiger partial charge in [0.15, 0.2) is 0 Å². The third-order valence-electron chi connectivity index (χ3n) is 4.42. The van der Waals surface area contributed by atoms with Gasteiger partial charge in [-0.05, 0) is 37.3 Å². The smallest absolute Gasteiger partial charge is 0.261 e. The van der Waals surface area contributed by atoms with Crippen molar-refractivity contribution >= 4 is 39.8 Å². The molecule has 0 saturated heterocycles. The van der Waals surface area contributed by atoms with Gasteiger partial charge in [-0.3, -0.25) is 9.36 Å². The predicted molar refractivity (Wildman–Crippen MR) is 110 cm³/mol. The fourth-order valence-electron chi connectivity index (χ4n) is 3.16. The fourth-order valence-corrected chi connectivity index (χ4v) is 3.63. The lowest BCUT2D eigenvalue weighted by molar-refractivity contribution is 0.0926. The normalized spacial score (nSPS) is 12.6. The molecule has 0 spiro atoms. The van der Waals surface area contributed by atoms with Crippen molar-refractivity contribution in [1.82, 2.24) is 14.2 Å². The van der Waals surface area contributed by atoms with Crippen molar-refractivity contribution in [3.05, 3.63) is 74.6 Å². The number of benzene rings is 2. The summed E-state index contributed by atoms with van der Waals surface area (Å²) in [4.78, 5) is 13.0. The maximum Gasteiger partial charge on any atom is 0.261 e. The van der Waals surface area contributed by atoms with Crippen LogP contribution >= 0.6 is 23.2 Å². The predicted octanol–water partition coefficient (Wildman–Crippen LogP) is 3.70. The summed E-state index contributed by atoms with van der Waals surface area (Å²) in [5.74, 6) is 0.418. The number of hydrogen-bond donors (Lipinski definition) is 1. The van der Waals surface area contributed by atoms with Gasteiger partial charge in [-0.25, -0.2) is 4.52 Å². The molecule has 0 radical (unpaired) electrons. The summed E-state index contributed by atoms with van der Waals surface area (Å²) in [5, 5.41) is 16.4. The molecule has 28 heavy (non-hydrogen) atoms. The number of rotatable bonds is 5. The molecule has 2 aromatic heterocycles. The van der Waals surface area contributed by atoms with Crippen LogP contribution in [0.1, 0.15) is 5.69 Å². The van der Waals surface area contributed by atoms with Gasteiger partial charge < -0.3 is 9.84 Å². The Labute approximate surface area is 170 Å². The number of aliphatic hydroxyl groups excluding tert-OH is 1. The summed E-state index contributed by atoms with van der Waals surface area (Å²) < 4.78 is 8.82. The average Bonchev–Trinajstić information content (AvgIpc) is 3.06. The molecule has 4 aromatic rings. The summed E-state index contributed by atoms with van der Waals surface area (Å²) in [6.07, 6.45) is -0.926. The van der Waals surface area contributed by atoms with E-state index in [1.54, 1.807) is 34.8 Å². The molecule has 144 valence electrons. The molecule has 2 aromatic carbocycles. The summed E-state index contributed by atoms with van der Waals surface area (Å²) in [5.41, 5.74) is 1.94. The van der Waals surface area contributed by atoms with Crippen molar-refractivity contribution in [3.63, 3.8) is 0 Å². The molecule has 8 heteroatoms. The fraction of sp³-hybridized carbons (Fsp3) is 0.200. The molecule has 0 aliphatic heterocycles. The highest BCUT2D eigenvalue weighted by Crippen LogP contribution is 2.27. The van der Waals surface area contributed by atoms with Crippen LogP contribution in [0.3, 0.4) is 0 Å². The van der Waals surface area contributed by atoms with E-state index < -0.39 is 6.10 Å². The average molecular weight is 418 g/mol. The van der Waals surface area contributed by atoms with Crippen LogP contribution in [0.2, 0.25) is 10.0 Å². The minimum Gasteiger partial charge on any atom is -0.489 e. The van der Waals surface area contributed by atoms with Crippen LogP contribution in [-0.2, 0) is 6.54 Å². The molecule has 0 saturated carbocycles. The molecular weight excluding hydrogens is 401 g/mol. The molecule has 0 amide bonds. The number of aryl methyl sites for hydroxylation is 1. The van der Waals surface area contributed by atoms with Gasteiger partial charge in [0.1, 0.15) is 24.1 Å². The molecule has 0 bridgehead atoms. The Morgan fingerprint density at radius 3 is 2.75 bits per heavy atom. The number of hydrogen-bond acceptors (Lipinski definition) is 4. The molecule has 2 heterocycles. The number of nitrogens with zero attached hydrogens (tertiary/aromatic N) is 3. The van der Waals surface area contributed by atoms with Gasteiger partial charge in [-0.2, -0.15) is 5.10 Å². The number of para-hydroxylation sites is 1. The Kier molecular flexibility index (Phi) is 5.02. The van der Waals surface area contributed by atoms with Crippen LogP contribution in [-0.4, -0.2) is 32.0 Å². The van der Waals surface area contributed by atoms with E-state index in [1.807, 2.05) is 25.1 Å². The molecule has 1 N–H and O–H groups in total. The highest BCUT2D eigenvalue weighted by Gasteiger charge is 2.16. The first-order valence-corrected chi connectivity index (χ1v) is 9.43. The maximum absolute atomic E-state index is 13.0. The van der Waals surface area contributed by atoms with Crippen molar-refractivity contribution in [2.45, 2.75) is 19.6 Å². The second kappa shape index (κ2) is 7.47. The molecule has 0 fully saturated rings. The summed E-state index contributed by atoms with van der Waals surface area (Å²) in [7, 11) is 0. The number of aromatic nitrogens is 3. The Morgan fingerprint density at radius 1 is 1.18 bits per heavy atom. The standard InChI is InChI=1S/C20H17Cl2N3O3/c1-12-8-19-24(20(27)15-4-2-3-5-17(15)25(19)23-12)10-14(26)11-28-18-7-6-13(21)9-16(18)22/h2-9,14,26H,10-11H2,1H3. The van der Waals surface area contributed by atoms with Crippen LogP contribution in [0, 0.1) is 6.92 Å². The zero-order valence-electron chi connectivity index (χ0n) is 15.0. The molecule has 1 unspecified atom stereocenters. The lowest BCUT2D eigenvalue weighted by Gasteiger charge is -2.16. The van der Waals surface area contributed by atoms with Crippen LogP contribution in [0.25, 0.3) is 16.6 Å². The van der Waals surface area contributed by atoms with Gasteiger partial charge in [-0.15, -0.1) is 0 Å². The molecule has 0 aliphatic carbocycles. The topological polar surface area (TPSA) is 68.8 Å². The lowest BCUT2D eigenvalue weighted by Crippen LogP contribution is -2.31. The summed E-state index contributed by atoms with van der Waals surface area (Å²) in [6.45, 7) is 1.89. The Balaban J connectivity index is 1.65. The van der Waals surface area contributed by atoms with E-state index in [2.05, 4.69) is 5.10 Å². The van der Waals surface area contributed by atoms with Gasteiger partial charge in [-0.1, -0.05) is 35.3 Å². The zero-order valence-corrected chi connectivity index (χ0v) is 16.5. The van der Waals surface area contributed by atoms with E-state index in [9.17, 15) is 9.90 Å². The maximum atomic E-state index is 13.0. The molecule has 6 nitrogen and oxygen atoms in total. The van der Waals surface area contributed by atoms with E-state index in [4.69, 9.17) is 27.9 Å². The highest BCUT2D eigenvalue weighted by atomic mass is 35.5. The number of fused-ring (bicyclic) bond motifs is 3. The molecule has 0 aliphatic rings. The van der Waals surface area contributed by atoms with Crippen LogP contribution in [0.5, 0.6) is 5.75 Å². The van der Waals surface area contributed by atoms with Crippen LogP contribution < -0.4 is 10.3 Å². The van der Waals surface area contributed by atoms with Crippen LogP contribution in [0.15, 0.2) is 53.3 Å². The first kappa shape index (κ1) is 18.8. The minimum atomic E-state index is -0.926. The second-order valence-corrected chi connectivity index (χ2v) is 7.37. The van der Waals surface area contributed by atoms with Crippen LogP contribution in [0.4, 0.5) is 0 Å². The van der Waals surface area contributed by atoms with E-state index in [0.717, 1.165) is 11.2 Å². The van der Waals surface area contributed by atoms with Crippen molar-refractivity contribution in [1.29, 1.82) is 0 Å². The quantitative estimate of drug-likeness (QED) is 0.537. The first-order chi connectivity index (χ1) is 13.4. The highest BCUT2D eigenvalue weighted by molar-refractivity contribution is 6.35. The van der Waals surface area contributed by atoms with E-state index in [-0.39, 0.29) is 18.7 Å². The minimum absolute atomic E-state index is 0.0279. The number of halogens is 2. The van der Waals surface area contributed by atoms with Crippen molar-refractivity contribution in [3.8, 4) is 5.75 Å². The van der Waals surface area contributed by atoms with Crippen molar-refractivity contribution in [2.24, 2.45) is 0 Å². The van der Waals surface area contributed by atoms with E-state index >= 15 is 0 Å².